The Hall–Kier alpha value is -3.13. The van der Waals surface area contributed by atoms with E-state index >= 15 is 0 Å². The van der Waals surface area contributed by atoms with Crippen molar-refractivity contribution in [2.45, 2.75) is 19.3 Å². The summed E-state index contributed by atoms with van der Waals surface area (Å²) in [5, 5.41) is 9.49. The fraction of sp³-hybridized carbons (Fsp3) is 0.250. The normalized spacial score (nSPS) is 11.9. The van der Waals surface area contributed by atoms with Gasteiger partial charge in [-0.25, -0.2) is 4.98 Å². The SMILES string of the molecule is CCc1ccc(OCC(=O)C(C#N)c2nc3ccccc3n2C)cc1. The summed E-state index contributed by atoms with van der Waals surface area (Å²) in [4.78, 5) is 16.9. The van der Waals surface area contributed by atoms with Gasteiger partial charge in [0, 0.05) is 7.05 Å². The van der Waals surface area contributed by atoms with E-state index in [1.165, 1.54) is 5.56 Å². The Balaban J connectivity index is 1.76. The first kappa shape index (κ1) is 16.7. The Kier molecular flexibility index (Phi) is 4.80. The second kappa shape index (κ2) is 7.18. The highest BCUT2D eigenvalue weighted by molar-refractivity contribution is 5.90. The molecule has 25 heavy (non-hydrogen) atoms. The first-order valence-electron chi connectivity index (χ1n) is 8.19. The van der Waals surface area contributed by atoms with Crippen molar-refractivity contribution in [2.24, 2.45) is 7.05 Å². The summed E-state index contributed by atoms with van der Waals surface area (Å²) >= 11 is 0. The molecular formula is C20H19N3O2. The van der Waals surface area contributed by atoms with Crippen LogP contribution in [-0.4, -0.2) is 21.9 Å². The first-order valence-corrected chi connectivity index (χ1v) is 8.19. The van der Waals surface area contributed by atoms with Gasteiger partial charge in [-0.2, -0.15) is 5.26 Å². The average Bonchev–Trinajstić information content (AvgIpc) is 2.98. The number of aromatic nitrogens is 2. The predicted octanol–water partition coefficient (Wildman–Crippen LogP) is 3.39. The molecule has 0 amide bonds. The molecule has 1 atom stereocenters. The third kappa shape index (κ3) is 3.38. The molecule has 0 aliphatic heterocycles. The van der Waals surface area contributed by atoms with Crippen molar-refractivity contribution in [1.82, 2.24) is 9.55 Å². The number of benzene rings is 2. The fourth-order valence-electron chi connectivity index (χ4n) is 2.76. The molecule has 0 saturated carbocycles. The van der Waals surface area contributed by atoms with Gasteiger partial charge >= 0.3 is 0 Å². The number of carbonyl (C=O) groups excluding carboxylic acids is 1. The lowest BCUT2D eigenvalue weighted by Crippen LogP contribution is -2.21. The molecule has 0 bridgehead atoms. The molecule has 1 unspecified atom stereocenters. The number of hydrogen-bond donors (Lipinski definition) is 0. The van der Waals surface area contributed by atoms with Gasteiger partial charge in [-0.1, -0.05) is 31.2 Å². The van der Waals surface area contributed by atoms with Crippen LogP contribution in [0.15, 0.2) is 48.5 Å². The molecule has 3 aromatic rings. The molecule has 0 aliphatic carbocycles. The number of rotatable bonds is 6. The Bertz CT molecular complexity index is 936. The van der Waals surface area contributed by atoms with Crippen LogP contribution in [0.2, 0.25) is 0 Å². The van der Waals surface area contributed by atoms with Crippen LogP contribution in [0.5, 0.6) is 5.75 Å². The summed E-state index contributed by atoms with van der Waals surface area (Å²) in [5.41, 5.74) is 2.86. The van der Waals surface area contributed by atoms with Gasteiger partial charge in [-0.05, 0) is 36.2 Å². The minimum atomic E-state index is -0.952. The number of carbonyl (C=O) groups is 1. The molecule has 1 heterocycles. The van der Waals surface area contributed by atoms with Gasteiger partial charge < -0.3 is 9.30 Å². The maximum absolute atomic E-state index is 12.5. The van der Waals surface area contributed by atoms with Gasteiger partial charge in [-0.15, -0.1) is 0 Å². The van der Waals surface area contributed by atoms with Crippen LogP contribution in [0.1, 0.15) is 24.2 Å². The molecule has 126 valence electrons. The van der Waals surface area contributed by atoms with Gasteiger partial charge in [0.05, 0.1) is 17.1 Å². The Morgan fingerprint density at radius 2 is 1.96 bits per heavy atom. The lowest BCUT2D eigenvalue weighted by molar-refractivity contribution is -0.121. The van der Waals surface area contributed by atoms with Crippen molar-refractivity contribution in [3.05, 3.63) is 59.9 Å². The van der Waals surface area contributed by atoms with E-state index in [-0.39, 0.29) is 12.4 Å². The average molecular weight is 333 g/mol. The van der Waals surface area contributed by atoms with E-state index in [2.05, 4.69) is 18.0 Å². The number of nitriles is 1. The zero-order valence-corrected chi connectivity index (χ0v) is 14.3. The molecule has 0 aliphatic rings. The zero-order valence-electron chi connectivity index (χ0n) is 14.3. The van der Waals surface area contributed by atoms with E-state index in [0.29, 0.717) is 11.6 Å². The van der Waals surface area contributed by atoms with Gasteiger partial charge in [0.15, 0.2) is 11.7 Å². The Morgan fingerprint density at radius 1 is 1.24 bits per heavy atom. The number of imidazole rings is 1. The summed E-state index contributed by atoms with van der Waals surface area (Å²) in [5.74, 6) is -0.196. The topological polar surface area (TPSA) is 67.9 Å². The molecule has 5 heteroatoms. The van der Waals surface area contributed by atoms with Crippen LogP contribution in [0.4, 0.5) is 0 Å². The number of ether oxygens (including phenoxy) is 1. The Morgan fingerprint density at radius 3 is 2.60 bits per heavy atom. The van der Waals surface area contributed by atoms with E-state index < -0.39 is 5.92 Å². The van der Waals surface area contributed by atoms with Gasteiger partial charge in [-0.3, -0.25) is 4.79 Å². The van der Waals surface area contributed by atoms with Crippen molar-refractivity contribution in [2.75, 3.05) is 6.61 Å². The van der Waals surface area contributed by atoms with E-state index in [0.717, 1.165) is 17.5 Å². The summed E-state index contributed by atoms with van der Waals surface area (Å²) < 4.78 is 7.34. The lowest BCUT2D eigenvalue weighted by atomic mass is 10.1. The second-order valence-corrected chi connectivity index (χ2v) is 5.83. The van der Waals surface area contributed by atoms with Crippen molar-refractivity contribution in [3.63, 3.8) is 0 Å². The van der Waals surface area contributed by atoms with Gasteiger partial charge in [0.25, 0.3) is 0 Å². The third-order valence-electron chi connectivity index (χ3n) is 4.24. The number of aryl methyl sites for hydroxylation is 2. The number of fused-ring (bicyclic) bond motifs is 1. The summed E-state index contributed by atoms with van der Waals surface area (Å²) in [7, 11) is 1.81. The second-order valence-electron chi connectivity index (χ2n) is 5.83. The Labute approximate surface area is 146 Å². The monoisotopic (exact) mass is 333 g/mol. The van der Waals surface area contributed by atoms with Crippen LogP contribution in [0.25, 0.3) is 11.0 Å². The van der Waals surface area contributed by atoms with Gasteiger partial charge in [0.2, 0.25) is 0 Å². The molecule has 0 fully saturated rings. The molecule has 3 rings (SSSR count). The summed E-state index contributed by atoms with van der Waals surface area (Å²) in [6.45, 7) is 1.92. The minimum Gasteiger partial charge on any atom is -0.486 e. The fourth-order valence-corrected chi connectivity index (χ4v) is 2.76. The molecule has 0 spiro atoms. The maximum atomic E-state index is 12.5. The molecule has 0 radical (unpaired) electrons. The smallest absolute Gasteiger partial charge is 0.194 e. The highest BCUT2D eigenvalue weighted by Gasteiger charge is 2.26. The van der Waals surface area contributed by atoms with Crippen LogP contribution in [0, 0.1) is 11.3 Å². The molecule has 1 aromatic heterocycles. The maximum Gasteiger partial charge on any atom is 0.194 e. The van der Waals surface area contributed by atoms with Gasteiger partial charge in [0.1, 0.15) is 18.2 Å². The molecule has 0 N–H and O–H groups in total. The zero-order chi connectivity index (χ0) is 17.8. The summed E-state index contributed by atoms with van der Waals surface area (Å²) in [6.07, 6.45) is 0.947. The van der Waals surface area contributed by atoms with Crippen molar-refractivity contribution < 1.29 is 9.53 Å². The largest absolute Gasteiger partial charge is 0.486 e. The van der Waals surface area contributed by atoms with Crippen molar-refractivity contribution in [3.8, 4) is 11.8 Å². The molecule has 2 aromatic carbocycles. The highest BCUT2D eigenvalue weighted by Crippen LogP contribution is 2.22. The number of hydrogen-bond acceptors (Lipinski definition) is 4. The van der Waals surface area contributed by atoms with Crippen LogP contribution >= 0.6 is 0 Å². The highest BCUT2D eigenvalue weighted by atomic mass is 16.5. The van der Waals surface area contributed by atoms with Crippen LogP contribution in [0.3, 0.4) is 0 Å². The molecular weight excluding hydrogens is 314 g/mol. The van der Waals surface area contributed by atoms with E-state index in [9.17, 15) is 10.1 Å². The van der Waals surface area contributed by atoms with Crippen molar-refractivity contribution >= 4 is 16.8 Å². The van der Waals surface area contributed by atoms with E-state index in [4.69, 9.17) is 4.74 Å². The van der Waals surface area contributed by atoms with E-state index in [1.807, 2.05) is 55.6 Å². The number of nitrogens with zero attached hydrogens (tertiary/aromatic N) is 3. The molecule has 0 saturated heterocycles. The van der Waals surface area contributed by atoms with Crippen LogP contribution in [-0.2, 0) is 18.3 Å². The number of ketones is 1. The summed E-state index contributed by atoms with van der Waals surface area (Å²) in [6, 6.07) is 17.2. The molecule has 5 nitrogen and oxygen atoms in total. The third-order valence-corrected chi connectivity index (χ3v) is 4.24. The lowest BCUT2D eigenvalue weighted by Gasteiger charge is -2.10. The van der Waals surface area contributed by atoms with Crippen molar-refractivity contribution in [1.29, 1.82) is 5.26 Å². The quantitative estimate of drug-likeness (QED) is 0.693. The predicted molar refractivity (Wildman–Crippen MR) is 95.4 cm³/mol. The number of Topliss-reactive ketones (excluding diaryl/α,β-unsaturated/α-hetero) is 1. The van der Waals surface area contributed by atoms with Crippen LogP contribution < -0.4 is 4.74 Å². The minimum absolute atomic E-state index is 0.160. The number of para-hydroxylation sites is 2. The standard InChI is InChI=1S/C20H19N3O2/c1-3-14-8-10-15(11-9-14)25-13-19(24)16(12-21)20-22-17-6-4-5-7-18(17)23(20)2/h4-11,16H,3,13H2,1-2H3. The van der Waals surface area contributed by atoms with E-state index in [1.54, 1.807) is 4.57 Å². The first-order chi connectivity index (χ1) is 12.1.